The van der Waals surface area contributed by atoms with Gasteiger partial charge in [-0.1, -0.05) is 153 Å². The molecule has 1 amide bonds. The van der Waals surface area contributed by atoms with Crippen molar-refractivity contribution >= 4 is 55.8 Å². The van der Waals surface area contributed by atoms with E-state index >= 15 is 0 Å². The van der Waals surface area contributed by atoms with Crippen molar-refractivity contribution in [1.82, 2.24) is 0 Å². The summed E-state index contributed by atoms with van der Waals surface area (Å²) in [5.74, 6) is -0.674. The Morgan fingerprint density at radius 2 is 1.23 bits per heavy atom. The number of nitrogens with one attached hydrogen (secondary N) is 2. The van der Waals surface area contributed by atoms with Gasteiger partial charge in [-0.25, -0.2) is 12.6 Å². The highest BCUT2D eigenvalue weighted by Gasteiger charge is 2.37. The van der Waals surface area contributed by atoms with Crippen LogP contribution in [0.25, 0.3) is 0 Å². The maximum Gasteiger partial charge on any atom is 0.273 e. The summed E-state index contributed by atoms with van der Waals surface area (Å²) in [5, 5.41) is 2.86. The predicted molar refractivity (Wildman–Crippen MR) is 246 cm³/mol. The van der Waals surface area contributed by atoms with Crippen molar-refractivity contribution in [3.63, 3.8) is 0 Å². The summed E-state index contributed by atoms with van der Waals surface area (Å²) in [5.41, 5.74) is 0.552. The first-order chi connectivity index (χ1) is 29.3. The number of amides is 1. The Hall–Kier alpha value is -4.23. The summed E-state index contributed by atoms with van der Waals surface area (Å²) in [7, 11) is -3.91. The average Bonchev–Trinajstić information content (AvgIpc) is 3.24. The lowest BCUT2D eigenvalue weighted by Crippen LogP contribution is -2.45. The van der Waals surface area contributed by atoms with Crippen molar-refractivity contribution in [2.45, 2.75) is 140 Å². The van der Waals surface area contributed by atoms with Gasteiger partial charge in [0.2, 0.25) is 15.9 Å². The second kappa shape index (κ2) is 25.6. The maximum atomic E-state index is 13.7. The minimum atomic E-state index is -3.91. The van der Waals surface area contributed by atoms with E-state index in [-0.39, 0.29) is 26.3 Å². The van der Waals surface area contributed by atoms with Gasteiger partial charge in [-0.3, -0.25) is 18.5 Å². The molecule has 332 valence electrons. The standard InChI is InChI=1S/C48H63ClN2O8S2/c1-5-6-7-8-9-10-11-12-13-14-15-16-17-21-34-58-60(54)51-38-24-33-43(49)44(35-38)50-47(53)45(46(52)48(2,3)4)59-40-27-31-42(32-28-40)61(55,56)41-29-25-39(26-30-41)57-36-37-22-19-18-20-23-37/h18-20,22-33,35,45,51H,5-17,21,34,36H2,1-4H3,(H,50,53). The van der Waals surface area contributed by atoms with Gasteiger partial charge in [0.15, 0.2) is 5.78 Å². The summed E-state index contributed by atoms with van der Waals surface area (Å²) < 4.78 is 59.6. The first kappa shape index (κ1) is 49.4. The zero-order valence-corrected chi connectivity index (χ0v) is 38.5. The molecule has 13 heteroatoms. The van der Waals surface area contributed by atoms with E-state index in [2.05, 4.69) is 17.0 Å². The second-order valence-electron chi connectivity index (χ2n) is 16.3. The van der Waals surface area contributed by atoms with Crippen molar-refractivity contribution in [1.29, 1.82) is 0 Å². The fraction of sp³-hybridized carbons (Fsp3) is 0.458. The highest BCUT2D eigenvalue weighted by molar-refractivity contribution is 7.91. The number of benzene rings is 4. The molecule has 0 spiro atoms. The normalized spacial score (nSPS) is 12.7. The number of unbranched alkanes of at least 4 members (excludes halogenated alkanes) is 13. The third-order valence-corrected chi connectivity index (χ3v) is 13.0. The van der Waals surface area contributed by atoms with Crippen LogP contribution in [0.4, 0.5) is 11.4 Å². The molecule has 4 aromatic rings. The molecule has 0 fully saturated rings. The van der Waals surface area contributed by atoms with E-state index in [1.807, 2.05) is 30.3 Å². The van der Waals surface area contributed by atoms with Crippen molar-refractivity contribution in [3.05, 3.63) is 108 Å². The largest absolute Gasteiger partial charge is 0.489 e. The molecule has 4 aromatic carbocycles. The first-order valence-corrected chi connectivity index (χ1v) is 24.5. The zero-order valence-electron chi connectivity index (χ0n) is 36.1. The van der Waals surface area contributed by atoms with Crippen LogP contribution in [-0.2, 0) is 41.5 Å². The third kappa shape index (κ3) is 17.2. The Kier molecular flexibility index (Phi) is 20.8. The lowest BCUT2D eigenvalue weighted by Gasteiger charge is -2.25. The van der Waals surface area contributed by atoms with Gasteiger partial charge in [0.05, 0.1) is 32.8 Å². The van der Waals surface area contributed by atoms with Crippen LogP contribution in [0, 0.1) is 5.41 Å². The SMILES string of the molecule is CCCCCCCCCCCCCCCCOS(=O)Nc1ccc(Cl)c(NC(=O)C(Oc2ccc(S(=O)(=O)c3ccc(OCc4ccccc4)cc3)cc2)C(=O)C(C)(C)C)c1. The summed E-state index contributed by atoms with van der Waals surface area (Å²) in [6.07, 6.45) is 15.8. The molecular weight excluding hydrogens is 832 g/mol. The Labute approximate surface area is 371 Å². The molecule has 61 heavy (non-hydrogen) atoms. The fourth-order valence-electron chi connectivity index (χ4n) is 6.48. The predicted octanol–water partition coefficient (Wildman–Crippen LogP) is 12.2. The van der Waals surface area contributed by atoms with Crippen LogP contribution in [0.15, 0.2) is 107 Å². The van der Waals surface area contributed by atoms with E-state index in [1.54, 1.807) is 39.0 Å². The molecule has 2 unspecified atom stereocenters. The Morgan fingerprint density at radius 3 is 1.77 bits per heavy atom. The van der Waals surface area contributed by atoms with E-state index in [9.17, 15) is 22.2 Å². The number of rotatable bonds is 28. The van der Waals surface area contributed by atoms with Crippen LogP contribution in [0.5, 0.6) is 11.5 Å². The van der Waals surface area contributed by atoms with Gasteiger partial charge in [0, 0.05) is 5.41 Å². The number of halogens is 1. The molecule has 0 heterocycles. The second-order valence-corrected chi connectivity index (χ2v) is 19.5. The Balaban J connectivity index is 1.26. The highest BCUT2D eigenvalue weighted by atomic mass is 35.5. The number of anilines is 2. The van der Waals surface area contributed by atoms with E-state index in [1.165, 1.54) is 119 Å². The van der Waals surface area contributed by atoms with Gasteiger partial charge in [-0.05, 0) is 78.7 Å². The van der Waals surface area contributed by atoms with Crippen molar-refractivity contribution < 1.29 is 35.9 Å². The van der Waals surface area contributed by atoms with Crippen LogP contribution in [0.2, 0.25) is 5.02 Å². The molecule has 0 aromatic heterocycles. The molecule has 0 saturated heterocycles. The molecule has 10 nitrogen and oxygen atoms in total. The highest BCUT2D eigenvalue weighted by Crippen LogP contribution is 2.30. The number of ketones is 1. The summed E-state index contributed by atoms with van der Waals surface area (Å²) >= 11 is 4.61. The van der Waals surface area contributed by atoms with Crippen LogP contribution < -0.4 is 19.5 Å². The number of hydrogen-bond donors (Lipinski definition) is 2. The lowest BCUT2D eigenvalue weighted by molar-refractivity contribution is -0.140. The smallest absolute Gasteiger partial charge is 0.273 e. The Bertz CT molecular complexity index is 2070. The quantitative estimate of drug-likeness (QED) is 0.0425. The third-order valence-electron chi connectivity index (χ3n) is 10.1. The van der Waals surface area contributed by atoms with Crippen LogP contribution in [-0.4, -0.2) is 37.0 Å². The van der Waals surface area contributed by atoms with E-state index in [4.69, 9.17) is 25.3 Å². The number of carbonyl (C=O) groups is 2. The van der Waals surface area contributed by atoms with Crippen molar-refractivity contribution in [2.24, 2.45) is 5.41 Å². The molecule has 0 saturated carbocycles. The van der Waals surface area contributed by atoms with E-state index in [0.717, 1.165) is 24.8 Å². The topological polar surface area (TPSA) is 137 Å². The van der Waals surface area contributed by atoms with Crippen LogP contribution in [0.1, 0.15) is 123 Å². The van der Waals surface area contributed by atoms with Gasteiger partial charge in [-0.15, -0.1) is 0 Å². The van der Waals surface area contributed by atoms with Crippen molar-refractivity contribution in [2.75, 3.05) is 16.6 Å². The minimum Gasteiger partial charge on any atom is -0.489 e. The molecule has 0 bridgehead atoms. The number of Topliss-reactive ketones (excluding diaryl/α,β-unsaturated/α-hetero) is 1. The molecule has 0 aliphatic rings. The average molecular weight is 896 g/mol. The molecule has 4 rings (SSSR count). The van der Waals surface area contributed by atoms with Gasteiger partial charge < -0.3 is 14.8 Å². The molecule has 2 N–H and O–H groups in total. The van der Waals surface area contributed by atoms with Gasteiger partial charge in [-0.2, -0.15) is 0 Å². The number of hydrogen-bond acceptors (Lipinski definition) is 8. The van der Waals surface area contributed by atoms with Gasteiger partial charge >= 0.3 is 0 Å². The van der Waals surface area contributed by atoms with Gasteiger partial charge in [0.25, 0.3) is 17.2 Å². The first-order valence-electron chi connectivity index (χ1n) is 21.5. The zero-order chi connectivity index (χ0) is 44.1. The molecule has 2 atom stereocenters. The van der Waals surface area contributed by atoms with Crippen LogP contribution in [0.3, 0.4) is 0 Å². The number of sulfone groups is 1. The molecule has 0 aliphatic heterocycles. The Morgan fingerprint density at radius 1 is 0.705 bits per heavy atom. The minimum absolute atomic E-state index is 0.00185. The molecule has 0 radical (unpaired) electrons. The maximum absolute atomic E-state index is 13.7. The number of ether oxygens (including phenoxy) is 2. The van der Waals surface area contributed by atoms with Gasteiger partial charge in [0.1, 0.15) is 18.1 Å². The number of carbonyl (C=O) groups excluding carboxylic acids is 2. The lowest BCUT2D eigenvalue weighted by atomic mass is 9.87. The molecule has 0 aliphatic carbocycles. The van der Waals surface area contributed by atoms with Crippen LogP contribution >= 0.6 is 11.6 Å². The van der Waals surface area contributed by atoms with Crippen molar-refractivity contribution in [3.8, 4) is 11.5 Å². The van der Waals surface area contributed by atoms with E-state index < -0.39 is 44.3 Å². The summed E-state index contributed by atoms with van der Waals surface area (Å²) in [6.45, 7) is 7.93. The summed E-state index contributed by atoms with van der Waals surface area (Å²) in [6, 6.07) is 25.9. The summed E-state index contributed by atoms with van der Waals surface area (Å²) in [4.78, 5) is 27.3. The fourth-order valence-corrected chi connectivity index (χ4v) is 8.56. The molecular formula is C48H63ClN2O8S2. The van der Waals surface area contributed by atoms with E-state index in [0.29, 0.717) is 24.7 Å². The monoisotopic (exact) mass is 894 g/mol.